The molecule has 0 bridgehead atoms. The van der Waals surface area contributed by atoms with Gasteiger partial charge in [-0.2, -0.15) is 5.26 Å². The van der Waals surface area contributed by atoms with E-state index in [4.69, 9.17) is 10.00 Å². The lowest BCUT2D eigenvalue weighted by Gasteiger charge is -2.14. The van der Waals surface area contributed by atoms with Gasteiger partial charge < -0.3 is 10.1 Å². The first kappa shape index (κ1) is 16.5. The topological polar surface area (TPSA) is 45.0 Å². The van der Waals surface area contributed by atoms with Crippen LogP contribution in [0.3, 0.4) is 0 Å². The van der Waals surface area contributed by atoms with E-state index in [2.05, 4.69) is 44.3 Å². The minimum absolute atomic E-state index is 0.614. The molecule has 0 spiro atoms. The Morgan fingerprint density at radius 2 is 1.90 bits per heavy atom. The van der Waals surface area contributed by atoms with Crippen molar-refractivity contribution in [2.75, 3.05) is 13.2 Å². The summed E-state index contributed by atoms with van der Waals surface area (Å²) >= 11 is 0. The minimum atomic E-state index is 0.614. The van der Waals surface area contributed by atoms with E-state index in [-0.39, 0.29) is 0 Å². The SMILES string of the molecule is CCCNCc1cc(C)c(OCCCCC#N)c(C)c1. The first-order valence-electron chi connectivity index (χ1n) is 7.49. The van der Waals surface area contributed by atoms with Crippen molar-refractivity contribution < 1.29 is 4.74 Å². The van der Waals surface area contributed by atoms with Gasteiger partial charge >= 0.3 is 0 Å². The molecule has 0 aliphatic heterocycles. The van der Waals surface area contributed by atoms with Crippen molar-refractivity contribution in [3.05, 3.63) is 28.8 Å². The fourth-order valence-corrected chi connectivity index (χ4v) is 2.26. The molecule has 0 amide bonds. The van der Waals surface area contributed by atoms with Crippen molar-refractivity contribution in [1.29, 1.82) is 5.26 Å². The molecule has 0 radical (unpaired) electrons. The van der Waals surface area contributed by atoms with Gasteiger partial charge in [0.2, 0.25) is 0 Å². The van der Waals surface area contributed by atoms with Gasteiger partial charge in [-0.25, -0.2) is 0 Å². The maximum Gasteiger partial charge on any atom is 0.125 e. The van der Waals surface area contributed by atoms with Crippen molar-refractivity contribution >= 4 is 0 Å². The number of aryl methyl sites for hydroxylation is 2. The average Bonchev–Trinajstić information content (AvgIpc) is 2.41. The first-order chi connectivity index (χ1) is 9.69. The number of nitrogens with zero attached hydrogens (tertiary/aromatic N) is 1. The van der Waals surface area contributed by atoms with Crippen LogP contribution < -0.4 is 10.1 Å². The van der Waals surface area contributed by atoms with Crippen molar-refractivity contribution in [2.24, 2.45) is 0 Å². The van der Waals surface area contributed by atoms with E-state index in [0.29, 0.717) is 13.0 Å². The third kappa shape index (κ3) is 5.63. The molecule has 1 N–H and O–H groups in total. The monoisotopic (exact) mass is 274 g/mol. The van der Waals surface area contributed by atoms with Crippen molar-refractivity contribution in [2.45, 2.75) is 53.0 Å². The third-order valence-electron chi connectivity index (χ3n) is 3.21. The Kier molecular flexibility index (Phi) is 7.75. The number of rotatable bonds is 9. The molecule has 1 aromatic rings. The van der Waals surface area contributed by atoms with Gasteiger partial charge in [0.15, 0.2) is 0 Å². The van der Waals surface area contributed by atoms with Crippen molar-refractivity contribution in [3.63, 3.8) is 0 Å². The third-order valence-corrected chi connectivity index (χ3v) is 3.21. The maximum atomic E-state index is 8.49. The molecule has 0 aliphatic rings. The van der Waals surface area contributed by atoms with Crippen LogP contribution in [-0.2, 0) is 6.54 Å². The van der Waals surface area contributed by atoms with Crippen LogP contribution in [0.1, 0.15) is 49.3 Å². The zero-order chi connectivity index (χ0) is 14.8. The summed E-state index contributed by atoms with van der Waals surface area (Å²) in [7, 11) is 0. The number of nitriles is 1. The van der Waals surface area contributed by atoms with E-state index in [1.54, 1.807) is 0 Å². The lowest BCUT2D eigenvalue weighted by atomic mass is 10.1. The van der Waals surface area contributed by atoms with E-state index >= 15 is 0 Å². The minimum Gasteiger partial charge on any atom is -0.493 e. The molecule has 3 heteroatoms. The molecular formula is C17H26N2O. The summed E-state index contributed by atoms with van der Waals surface area (Å²) < 4.78 is 5.86. The highest BCUT2D eigenvalue weighted by Gasteiger charge is 2.06. The second-order valence-corrected chi connectivity index (χ2v) is 5.20. The highest BCUT2D eigenvalue weighted by molar-refractivity contribution is 5.43. The normalized spacial score (nSPS) is 10.3. The van der Waals surface area contributed by atoms with Gasteiger partial charge in [-0.3, -0.25) is 0 Å². The number of hydrogen-bond donors (Lipinski definition) is 1. The van der Waals surface area contributed by atoms with Crippen LogP contribution in [0.5, 0.6) is 5.75 Å². The predicted molar refractivity (Wildman–Crippen MR) is 82.9 cm³/mol. The molecule has 0 aliphatic carbocycles. The summed E-state index contributed by atoms with van der Waals surface area (Å²) in [6.45, 7) is 9.03. The molecule has 20 heavy (non-hydrogen) atoms. The second-order valence-electron chi connectivity index (χ2n) is 5.20. The van der Waals surface area contributed by atoms with Gasteiger partial charge in [0.1, 0.15) is 5.75 Å². The van der Waals surface area contributed by atoms with Gasteiger partial charge in [0, 0.05) is 13.0 Å². The zero-order valence-electron chi connectivity index (χ0n) is 13.0. The highest BCUT2D eigenvalue weighted by atomic mass is 16.5. The maximum absolute atomic E-state index is 8.49. The molecule has 0 atom stereocenters. The number of nitrogens with one attached hydrogen (secondary N) is 1. The summed E-state index contributed by atoms with van der Waals surface area (Å²) in [5.41, 5.74) is 3.70. The summed E-state index contributed by atoms with van der Waals surface area (Å²) in [5.74, 6) is 1.00. The lowest BCUT2D eigenvalue weighted by molar-refractivity contribution is 0.303. The van der Waals surface area contributed by atoms with Crippen LogP contribution in [-0.4, -0.2) is 13.2 Å². The van der Waals surface area contributed by atoms with Gasteiger partial charge in [-0.15, -0.1) is 0 Å². The van der Waals surface area contributed by atoms with E-state index in [0.717, 1.165) is 38.1 Å². The Morgan fingerprint density at radius 3 is 2.50 bits per heavy atom. The number of unbranched alkanes of at least 4 members (excludes halogenated alkanes) is 2. The number of ether oxygens (including phenoxy) is 1. The molecule has 0 unspecified atom stereocenters. The number of hydrogen-bond acceptors (Lipinski definition) is 3. The zero-order valence-corrected chi connectivity index (χ0v) is 13.0. The molecule has 3 nitrogen and oxygen atoms in total. The molecule has 110 valence electrons. The number of benzene rings is 1. The molecule has 0 aromatic heterocycles. The summed E-state index contributed by atoms with van der Waals surface area (Å²) in [6.07, 6.45) is 3.62. The predicted octanol–water partition coefficient (Wildman–Crippen LogP) is 3.88. The standard InChI is InChI=1S/C17H26N2O/c1-4-9-19-13-16-11-14(2)17(15(3)12-16)20-10-7-5-6-8-18/h11-12,19H,4-7,9-10,13H2,1-3H3. The molecule has 1 aromatic carbocycles. The van der Waals surface area contributed by atoms with E-state index in [9.17, 15) is 0 Å². The van der Waals surface area contributed by atoms with Gasteiger partial charge in [0.05, 0.1) is 12.7 Å². The first-order valence-corrected chi connectivity index (χ1v) is 7.49. The van der Waals surface area contributed by atoms with Gasteiger partial charge in [-0.05, 0) is 56.3 Å². The molecule has 0 fully saturated rings. The molecule has 0 saturated heterocycles. The fourth-order valence-electron chi connectivity index (χ4n) is 2.26. The molecule has 1 rings (SSSR count). The highest BCUT2D eigenvalue weighted by Crippen LogP contribution is 2.25. The van der Waals surface area contributed by atoms with Crippen LogP contribution >= 0.6 is 0 Å². The van der Waals surface area contributed by atoms with Crippen molar-refractivity contribution in [1.82, 2.24) is 5.32 Å². The quantitative estimate of drug-likeness (QED) is 0.695. The van der Waals surface area contributed by atoms with Crippen LogP contribution in [0.15, 0.2) is 12.1 Å². The van der Waals surface area contributed by atoms with Crippen molar-refractivity contribution in [3.8, 4) is 11.8 Å². The Labute approximate surface area is 123 Å². The fraction of sp³-hybridized carbons (Fsp3) is 0.588. The van der Waals surface area contributed by atoms with Gasteiger partial charge in [-0.1, -0.05) is 19.1 Å². The van der Waals surface area contributed by atoms with Crippen LogP contribution in [0, 0.1) is 25.2 Å². The van der Waals surface area contributed by atoms with Crippen LogP contribution in [0.2, 0.25) is 0 Å². The summed E-state index contributed by atoms with van der Waals surface area (Å²) in [4.78, 5) is 0. The van der Waals surface area contributed by atoms with E-state index < -0.39 is 0 Å². The molecule has 0 heterocycles. The van der Waals surface area contributed by atoms with E-state index in [1.165, 1.54) is 16.7 Å². The lowest BCUT2D eigenvalue weighted by Crippen LogP contribution is -2.14. The van der Waals surface area contributed by atoms with Gasteiger partial charge in [0.25, 0.3) is 0 Å². The van der Waals surface area contributed by atoms with Crippen LogP contribution in [0.4, 0.5) is 0 Å². The summed E-state index contributed by atoms with van der Waals surface area (Å²) in [5, 5.41) is 11.9. The average molecular weight is 274 g/mol. The molecular weight excluding hydrogens is 248 g/mol. The Bertz CT molecular complexity index is 426. The largest absolute Gasteiger partial charge is 0.493 e. The Morgan fingerprint density at radius 1 is 1.20 bits per heavy atom. The summed E-state index contributed by atoms with van der Waals surface area (Å²) in [6, 6.07) is 6.55. The Hall–Kier alpha value is -1.53. The second kappa shape index (κ2) is 9.39. The van der Waals surface area contributed by atoms with E-state index in [1.807, 2.05) is 0 Å². The Balaban J connectivity index is 2.53. The smallest absolute Gasteiger partial charge is 0.125 e. The molecule has 0 saturated carbocycles. The van der Waals surface area contributed by atoms with Crippen LogP contribution in [0.25, 0.3) is 0 Å².